The normalized spacial score (nSPS) is 18.9. The Balaban J connectivity index is 1.30. The van der Waals surface area contributed by atoms with E-state index >= 15 is 0 Å². The summed E-state index contributed by atoms with van der Waals surface area (Å²) in [5, 5.41) is 9.76. The van der Waals surface area contributed by atoms with Crippen molar-refractivity contribution in [2.24, 2.45) is 0 Å². The van der Waals surface area contributed by atoms with Crippen LogP contribution in [-0.4, -0.2) is 52.6 Å². The number of ether oxygens (including phenoxy) is 2. The van der Waals surface area contributed by atoms with E-state index in [1.165, 1.54) is 43.9 Å². The minimum atomic E-state index is 0.0619. The van der Waals surface area contributed by atoms with E-state index in [2.05, 4.69) is 19.7 Å². The third-order valence-electron chi connectivity index (χ3n) is 5.39. The van der Waals surface area contributed by atoms with Crippen molar-refractivity contribution < 1.29 is 14.3 Å². The number of hydrogen-bond donors (Lipinski definition) is 0. The van der Waals surface area contributed by atoms with E-state index in [9.17, 15) is 4.79 Å². The average Bonchev–Trinajstić information content (AvgIpc) is 3.51. The van der Waals surface area contributed by atoms with Crippen LogP contribution in [0.2, 0.25) is 0 Å². The first-order chi connectivity index (χ1) is 13.8. The van der Waals surface area contributed by atoms with Crippen molar-refractivity contribution in [1.29, 1.82) is 0 Å². The molecular weight excluding hydrogens is 376 g/mol. The van der Waals surface area contributed by atoms with Crippen LogP contribution in [0.1, 0.15) is 48.5 Å². The number of rotatable bonds is 6. The Morgan fingerprint density at radius 1 is 1.07 bits per heavy atom. The van der Waals surface area contributed by atoms with Crippen LogP contribution in [0.15, 0.2) is 23.4 Å². The van der Waals surface area contributed by atoms with Crippen molar-refractivity contribution in [2.75, 3.05) is 37.0 Å². The summed E-state index contributed by atoms with van der Waals surface area (Å²) in [6, 6.07) is 5.88. The molecule has 28 heavy (non-hydrogen) atoms. The molecule has 5 rings (SSSR count). The third kappa shape index (κ3) is 3.57. The lowest BCUT2D eigenvalue weighted by Gasteiger charge is -2.27. The number of nitrogens with zero attached hydrogens (tertiary/aromatic N) is 4. The zero-order valence-corrected chi connectivity index (χ0v) is 16.6. The summed E-state index contributed by atoms with van der Waals surface area (Å²) >= 11 is 1.48. The Bertz CT molecular complexity index is 874. The predicted octanol–water partition coefficient (Wildman–Crippen LogP) is 3.35. The standard InChI is InChI=1S/C20H24N4O3S/c25-16(14-4-7-17-18(12-14)27-11-10-26-17)13-28-20-22-21-19(24(20)15-5-6-15)23-8-2-1-3-9-23/h4,7,12,15H,1-3,5-6,8-11,13H2. The van der Waals surface area contributed by atoms with Gasteiger partial charge in [-0.2, -0.15) is 0 Å². The van der Waals surface area contributed by atoms with Crippen LogP contribution in [0, 0.1) is 0 Å². The lowest BCUT2D eigenvalue weighted by Crippen LogP contribution is -2.31. The highest BCUT2D eigenvalue weighted by molar-refractivity contribution is 7.99. The summed E-state index contributed by atoms with van der Waals surface area (Å²) in [7, 11) is 0. The van der Waals surface area contributed by atoms with Gasteiger partial charge in [-0.3, -0.25) is 9.36 Å². The number of carbonyl (C=O) groups excluding carboxylic acids is 1. The van der Waals surface area contributed by atoms with Gasteiger partial charge in [-0.25, -0.2) is 0 Å². The second kappa shape index (κ2) is 7.66. The highest BCUT2D eigenvalue weighted by Crippen LogP contribution is 2.41. The maximum atomic E-state index is 12.7. The molecule has 1 aliphatic carbocycles. The lowest BCUT2D eigenvalue weighted by atomic mass is 10.1. The molecule has 1 aromatic carbocycles. The van der Waals surface area contributed by atoms with E-state index in [4.69, 9.17) is 9.47 Å². The fraction of sp³-hybridized carbons (Fsp3) is 0.550. The van der Waals surface area contributed by atoms with Gasteiger partial charge in [0.05, 0.1) is 5.75 Å². The number of Topliss-reactive ketones (excluding diaryl/α,β-unsaturated/α-hetero) is 1. The maximum Gasteiger partial charge on any atom is 0.228 e. The largest absolute Gasteiger partial charge is 0.486 e. The lowest BCUT2D eigenvalue weighted by molar-refractivity contribution is 0.102. The van der Waals surface area contributed by atoms with Gasteiger partial charge in [0.1, 0.15) is 13.2 Å². The first kappa shape index (κ1) is 17.8. The molecule has 3 heterocycles. The van der Waals surface area contributed by atoms with Crippen LogP contribution in [0.25, 0.3) is 0 Å². The van der Waals surface area contributed by atoms with E-state index in [1.807, 2.05) is 6.07 Å². The molecule has 1 saturated carbocycles. The first-order valence-electron chi connectivity index (χ1n) is 10.0. The number of carbonyl (C=O) groups is 1. The van der Waals surface area contributed by atoms with E-state index in [0.29, 0.717) is 42.1 Å². The van der Waals surface area contributed by atoms with E-state index in [1.54, 1.807) is 12.1 Å². The Kier molecular flexibility index (Phi) is 4.88. The van der Waals surface area contributed by atoms with Gasteiger partial charge in [0.25, 0.3) is 0 Å². The summed E-state index contributed by atoms with van der Waals surface area (Å²) < 4.78 is 13.4. The molecular formula is C20H24N4O3S. The summed E-state index contributed by atoms with van der Waals surface area (Å²) in [4.78, 5) is 15.1. The quantitative estimate of drug-likeness (QED) is 0.544. The van der Waals surface area contributed by atoms with Gasteiger partial charge in [-0.15, -0.1) is 10.2 Å². The molecule has 0 spiro atoms. The Labute approximate surface area is 168 Å². The molecule has 0 unspecified atom stereocenters. The zero-order valence-electron chi connectivity index (χ0n) is 15.8. The summed E-state index contributed by atoms with van der Waals surface area (Å²) in [5.74, 6) is 2.74. The summed E-state index contributed by atoms with van der Waals surface area (Å²) in [6.07, 6.45) is 6.05. The van der Waals surface area contributed by atoms with Gasteiger partial charge in [0.2, 0.25) is 5.95 Å². The molecule has 7 nitrogen and oxygen atoms in total. The molecule has 8 heteroatoms. The molecule has 0 amide bonds. The minimum absolute atomic E-state index is 0.0619. The molecule has 0 radical (unpaired) electrons. The molecule has 0 N–H and O–H groups in total. The van der Waals surface area contributed by atoms with Crippen LogP contribution >= 0.6 is 11.8 Å². The smallest absolute Gasteiger partial charge is 0.228 e. The summed E-state index contributed by atoms with van der Waals surface area (Å²) in [5.41, 5.74) is 0.644. The van der Waals surface area contributed by atoms with Crippen molar-refractivity contribution in [1.82, 2.24) is 14.8 Å². The van der Waals surface area contributed by atoms with Gasteiger partial charge in [-0.1, -0.05) is 11.8 Å². The fourth-order valence-electron chi connectivity index (χ4n) is 3.76. The minimum Gasteiger partial charge on any atom is -0.486 e. The fourth-order valence-corrected chi connectivity index (χ4v) is 4.66. The predicted molar refractivity (Wildman–Crippen MR) is 107 cm³/mol. The first-order valence-corrected chi connectivity index (χ1v) is 11.0. The molecule has 148 valence electrons. The van der Waals surface area contributed by atoms with Crippen LogP contribution < -0.4 is 14.4 Å². The second-order valence-electron chi connectivity index (χ2n) is 7.50. The van der Waals surface area contributed by atoms with E-state index < -0.39 is 0 Å². The number of fused-ring (bicyclic) bond motifs is 1. The topological polar surface area (TPSA) is 69.5 Å². The number of anilines is 1. The number of hydrogen-bond acceptors (Lipinski definition) is 7. The van der Waals surface area contributed by atoms with E-state index in [0.717, 1.165) is 24.2 Å². The molecule has 1 aromatic heterocycles. The maximum absolute atomic E-state index is 12.7. The van der Waals surface area contributed by atoms with Crippen molar-refractivity contribution in [3.8, 4) is 11.5 Å². The van der Waals surface area contributed by atoms with Crippen LogP contribution in [-0.2, 0) is 0 Å². The van der Waals surface area contributed by atoms with Crippen molar-refractivity contribution in [2.45, 2.75) is 43.3 Å². The van der Waals surface area contributed by atoms with Gasteiger partial charge < -0.3 is 14.4 Å². The highest BCUT2D eigenvalue weighted by atomic mass is 32.2. The van der Waals surface area contributed by atoms with Crippen molar-refractivity contribution in [3.63, 3.8) is 0 Å². The van der Waals surface area contributed by atoms with E-state index in [-0.39, 0.29) is 5.78 Å². The molecule has 2 aliphatic heterocycles. The van der Waals surface area contributed by atoms with Crippen LogP contribution in [0.3, 0.4) is 0 Å². The molecule has 3 aliphatic rings. The van der Waals surface area contributed by atoms with Crippen LogP contribution in [0.4, 0.5) is 5.95 Å². The Hall–Kier alpha value is -2.22. The van der Waals surface area contributed by atoms with Gasteiger partial charge >= 0.3 is 0 Å². The SMILES string of the molecule is O=C(CSc1nnc(N2CCCCC2)n1C1CC1)c1ccc2c(c1)OCCO2. The monoisotopic (exact) mass is 400 g/mol. The number of ketones is 1. The van der Waals surface area contributed by atoms with Crippen LogP contribution in [0.5, 0.6) is 11.5 Å². The van der Waals surface area contributed by atoms with Crippen molar-refractivity contribution >= 4 is 23.5 Å². The van der Waals surface area contributed by atoms with Gasteiger partial charge in [-0.05, 0) is 50.3 Å². The number of aromatic nitrogens is 3. The summed E-state index contributed by atoms with van der Waals surface area (Å²) in [6.45, 7) is 3.16. The molecule has 2 aromatic rings. The zero-order chi connectivity index (χ0) is 18.9. The number of benzene rings is 1. The number of piperidine rings is 1. The highest BCUT2D eigenvalue weighted by Gasteiger charge is 2.32. The van der Waals surface area contributed by atoms with Gasteiger partial charge in [0, 0.05) is 24.7 Å². The average molecular weight is 401 g/mol. The van der Waals surface area contributed by atoms with Crippen molar-refractivity contribution in [3.05, 3.63) is 23.8 Å². The number of thioether (sulfide) groups is 1. The van der Waals surface area contributed by atoms with Gasteiger partial charge in [0.15, 0.2) is 22.4 Å². The second-order valence-corrected chi connectivity index (χ2v) is 8.44. The third-order valence-corrected chi connectivity index (χ3v) is 6.34. The Morgan fingerprint density at radius 2 is 1.86 bits per heavy atom. The Morgan fingerprint density at radius 3 is 2.64 bits per heavy atom. The molecule has 0 bridgehead atoms. The molecule has 2 fully saturated rings. The molecule has 1 saturated heterocycles. The molecule has 0 atom stereocenters.